The lowest BCUT2D eigenvalue weighted by Gasteiger charge is -2.49. The normalized spacial score (nSPS) is 25.4. The van der Waals surface area contributed by atoms with Crippen LogP contribution in [0.1, 0.15) is 37.0 Å². The molecule has 0 aliphatic carbocycles. The molecule has 7 heteroatoms. The van der Waals surface area contributed by atoms with Gasteiger partial charge in [-0.2, -0.15) is 0 Å². The zero-order chi connectivity index (χ0) is 20.4. The van der Waals surface area contributed by atoms with Crippen molar-refractivity contribution in [2.75, 3.05) is 18.4 Å². The van der Waals surface area contributed by atoms with Gasteiger partial charge in [0.05, 0.1) is 11.9 Å². The molecule has 0 spiro atoms. The Morgan fingerprint density at radius 1 is 1.10 bits per heavy atom. The number of aromatic nitrogens is 1. The molecule has 0 radical (unpaired) electrons. The summed E-state index contributed by atoms with van der Waals surface area (Å²) in [5.74, 6) is 0.485. The fraction of sp³-hybridized carbons (Fsp3) is 0.409. The second-order valence-electron chi connectivity index (χ2n) is 7.81. The fourth-order valence-corrected chi connectivity index (χ4v) is 5.05. The van der Waals surface area contributed by atoms with E-state index in [1.54, 1.807) is 6.20 Å². The maximum atomic E-state index is 12.7. The summed E-state index contributed by atoms with van der Waals surface area (Å²) in [4.78, 5) is 31.7. The van der Waals surface area contributed by atoms with Crippen molar-refractivity contribution in [2.45, 2.75) is 48.7 Å². The van der Waals surface area contributed by atoms with Gasteiger partial charge in [0.15, 0.2) is 0 Å². The van der Waals surface area contributed by atoms with Crippen LogP contribution < -0.4 is 10.6 Å². The summed E-state index contributed by atoms with van der Waals surface area (Å²) in [5, 5.41) is 6.81. The average molecular weight is 411 g/mol. The van der Waals surface area contributed by atoms with Gasteiger partial charge in [0.2, 0.25) is 5.91 Å². The van der Waals surface area contributed by atoms with E-state index in [2.05, 4.69) is 27.4 Å². The van der Waals surface area contributed by atoms with Crippen LogP contribution in [0.5, 0.6) is 0 Å². The largest absolute Gasteiger partial charge is 0.347 e. The van der Waals surface area contributed by atoms with Crippen LogP contribution >= 0.6 is 11.8 Å². The topological polar surface area (TPSA) is 74.3 Å². The van der Waals surface area contributed by atoms with Crippen LogP contribution in [0.2, 0.25) is 0 Å². The lowest BCUT2D eigenvalue weighted by Crippen LogP contribution is -2.62. The van der Waals surface area contributed by atoms with Crippen molar-refractivity contribution in [1.29, 1.82) is 0 Å². The van der Waals surface area contributed by atoms with Crippen molar-refractivity contribution in [2.24, 2.45) is 5.92 Å². The first-order valence-corrected chi connectivity index (χ1v) is 10.9. The molecule has 2 aromatic rings. The third-order valence-electron chi connectivity index (χ3n) is 5.87. The average Bonchev–Trinajstić information content (AvgIpc) is 2.72. The molecule has 1 aromatic heterocycles. The SMILES string of the molecule is CC(=O)Nc1ccc(Sc2ccc(C(=O)N[C@@H]3C4CCN(CC4)[C@@H]3C)cc2)nc1. The quantitative estimate of drug-likeness (QED) is 0.790. The Hall–Kier alpha value is -2.38. The maximum absolute atomic E-state index is 12.7. The van der Waals surface area contributed by atoms with Gasteiger partial charge in [0, 0.05) is 29.5 Å². The number of amides is 2. The van der Waals surface area contributed by atoms with Crippen molar-refractivity contribution < 1.29 is 9.59 Å². The number of fused-ring (bicyclic) bond motifs is 3. The molecule has 6 nitrogen and oxygen atoms in total. The highest BCUT2D eigenvalue weighted by atomic mass is 32.2. The summed E-state index contributed by atoms with van der Waals surface area (Å²) in [7, 11) is 0. The number of hydrogen-bond donors (Lipinski definition) is 2. The molecule has 2 amide bonds. The van der Waals surface area contributed by atoms with Gasteiger partial charge < -0.3 is 10.6 Å². The number of piperidine rings is 3. The van der Waals surface area contributed by atoms with Gasteiger partial charge in [-0.1, -0.05) is 11.8 Å². The van der Waals surface area contributed by atoms with Crippen molar-refractivity contribution in [1.82, 2.24) is 15.2 Å². The number of nitrogens with zero attached hydrogens (tertiary/aromatic N) is 2. The molecule has 1 aromatic carbocycles. The predicted molar refractivity (Wildman–Crippen MR) is 114 cm³/mol. The Kier molecular flexibility index (Phi) is 5.87. The zero-order valence-corrected chi connectivity index (χ0v) is 17.5. The summed E-state index contributed by atoms with van der Waals surface area (Å²) in [6.45, 7) is 6.01. The summed E-state index contributed by atoms with van der Waals surface area (Å²) in [5.41, 5.74) is 1.36. The van der Waals surface area contributed by atoms with Gasteiger partial charge in [-0.3, -0.25) is 14.5 Å². The first-order valence-electron chi connectivity index (χ1n) is 10.1. The van der Waals surface area contributed by atoms with Gasteiger partial charge in [-0.25, -0.2) is 4.98 Å². The molecule has 152 valence electrons. The van der Waals surface area contributed by atoms with Crippen LogP contribution in [0.4, 0.5) is 5.69 Å². The Morgan fingerprint density at radius 3 is 2.41 bits per heavy atom. The van der Waals surface area contributed by atoms with E-state index in [0.717, 1.165) is 23.0 Å². The monoisotopic (exact) mass is 410 g/mol. The molecule has 4 heterocycles. The first-order chi connectivity index (χ1) is 14.0. The van der Waals surface area contributed by atoms with E-state index >= 15 is 0 Å². The second-order valence-corrected chi connectivity index (χ2v) is 8.90. The van der Waals surface area contributed by atoms with Gasteiger partial charge >= 0.3 is 0 Å². The number of benzene rings is 1. The van der Waals surface area contributed by atoms with Crippen molar-refractivity contribution >= 4 is 29.3 Å². The number of carbonyl (C=O) groups excluding carboxylic acids is 2. The first kappa shape index (κ1) is 19.9. The molecule has 2 atom stereocenters. The van der Waals surface area contributed by atoms with Crippen LogP contribution in [0, 0.1) is 5.92 Å². The van der Waals surface area contributed by atoms with Crippen LogP contribution in [0.25, 0.3) is 0 Å². The summed E-state index contributed by atoms with van der Waals surface area (Å²) >= 11 is 1.52. The van der Waals surface area contributed by atoms with Gasteiger partial charge in [0.25, 0.3) is 5.91 Å². The lowest BCUT2D eigenvalue weighted by atomic mass is 9.79. The van der Waals surface area contributed by atoms with Crippen molar-refractivity contribution in [3.8, 4) is 0 Å². The molecule has 5 rings (SSSR count). The third kappa shape index (κ3) is 4.62. The third-order valence-corrected chi connectivity index (χ3v) is 6.83. The van der Waals surface area contributed by atoms with E-state index in [1.165, 1.54) is 31.5 Å². The standard InChI is InChI=1S/C22H26N4O2S/c1-14-21(16-9-11-26(14)12-10-16)25-22(28)17-3-6-19(7-4-17)29-20-8-5-18(13-23-20)24-15(2)27/h3-8,13-14,16,21H,9-12H2,1-2H3,(H,24,27)(H,25,28)/t14-,21+/m1/s1. The van der Waals surface area contributed by atoms with Crippen LogP contribution in [0.3, 0.4) is 0 Å². The Morgan fingerprint density at radius 2 is 1.83 bits per heavy atom. The number of rotatable bonds is 5. The van der Waals surface area contributed by atoms with E-state index in [0.29, 0.717) is 23.2 Å². The Balaban J connectivity index is 1.36. The minimum atomic E-state index is -0.117. The molecule has 0 unspecified atom stereocenters. The Labute approximate surface area is 175 Å². The summed E-state index contributed by atoms with van der Waals surface area (Å²) in [6, 6.07) is 12.0. The predicted octanol–water partition coefficient (Wildman–Crippen LogP) is 3.40. The molecule has 3 fully saturated rings. The van der Waals surface area contributed by atoms with Gasteiger partial charge in [-0.15, -0.1) is 0 Å². The molecule has 3 aliphatic heterocycles. The second kappa shape index (κ2) is 8.55. The van der Waals surface area contributed by atoms with Crippen LogP contribution in [-0.4, -0.2) is 46.9 Å². The van der Waals surface area contributed by atoms with Gasteiger partial charge in [-0.05, 0) is 75.2 Å². The van der Waals surface area contributed by atoms with Crippen LogP contribution in [-0.2, 0) is 4.79 Å². The maximum Gasteiger partial charge on any atom is 0.251 e. The minimum Gasteiger partial charge on any atom is -0.347 e. The fourth-order valence-electron chi connectivity index (χ4n) is 4.29. The molecule has 3 saturated heterocycles. The minimum absolute atomic E-state index is 0.00457. The molecule has 29 heavy (non-hydrogen) atoms. The molecule has 2 bridgehead atoms. The smallest absolute Gasteiger partial charge is 0.251 e. The molecule has 3 aliphatic rings. The highest BCUT2D eigenvalue weighted by molar-refractivity contribution is 7.99. The summed E-state index contributed by atoms with van der Waals surface area (Å²) in [6.07, 6.45) is 4.00. The summed E-state index contributed by atoms with van der Waals surface area (Å²) < 4.78 is 0. The molecular formula is C22H26N4O2S. The number of carbonyl (C=O) groups is 2. The number of anilines is 1. The van der Waals surface area contributed by atoms with E-state index in [4.69, 9.17) is 0 Å². The zero-order valence-electron chi connectivity index (χ0n) is 16.7. The van der Waals surface area contributed by atoms with E-state index in [9.17, 15) is 9.59 Å². The van der Waals surface area contributed by atoms with E-state index in [-0.39, 0.29) is 17.9 Å². The van der Waals surface area contributed by atoms with Crippen molar-refractivity contribution in [3.05, 3.63) is 48.2 Å². The number of hydrogen-bond acceptors (Lipinski definition) is 5. The molecule has 2 N–H and O–H groups in total. The highest BCUT2D eigenvalue weighted by Gasteiger charge is 2.40. The van der Waals surface area contributed by atoms with Gasteiger partial charge in [0.1, 0.15) is 5.03 Å². The van der Waals surface area contributed by atoms with E-state index < -0.39 is 0 Å². The molecule has 0 saturated carbocycles. The van der Waals surface area contributed by atoms with Crippen molar-refractivity contribution in [3.63, 3.8) is 0 Å². The number of nitrogens with one attached hydrogen (secondary N) is 2. The highest BCUT2D eigenvalue weighted by Crippen LogP contribution is 2.32. The van der Waals surface area contributed by atoms with E-state index in [1.807, 2.05) is 36.4 Å². The van der Waals surface area contributed by atoms with Crippen LogP contribution in [0.15, 0.2) is 52.5 Å². The molecular weight excluding hydrogens is 384 g/mol. The lowest BCUT2D eigenvalue weighted by molar-refractivity contribution is -0.114. The number of pyridine rings is 1. The Bertz CT molecular complexity index is 875.